The topological polar surface area (TPSA) is 66.5 Å². The van der Waals surface area contributed by atoms with Gasteiger partial charge in [-0.1, -0.05) is 30.3 Å². The fourth-order valence-electron chi connectivity index (χ4n) is 3.93. The predicted octanol–water partition coefficient (Wildman–Crippen LogP) is 4.40. The number of carbonyl (C=O) groups is 1. The lowest BCUT2D eigenvalue weighted by Crippen LogP contribution is -2.34. The number of sulfone groups is 1. The van der Waals surface area contributed by atoms with Crippen molar-refractivity contribution in [1.82, 2.24) is 5.32 Å². The molecule has 1 unspecified atom stereocenters. The quantitative estimate of drug-likeness (QED) is 0.743. The monoisotopic (exact) mass is 426 g/mol. The molecule has 0 bridgehead atoms. The summed E-state index contributed by atoms with van der Waals surface area (Å²) in [6, 6.07) is 16.2. The van der Waals surface area contributed by atoms with Crippen LogP contribution in [0.5, 0.6) is 0 Å². The van der Waals surface area contributed by atoms with Gasteiger partial charge >= 0.3 is 0 Å². The highest BCUT2D eigenvalue weighted by atomic mass is 32.2. The van der Waals surface area contributed by atoms with Crippen LogP contribution < -0.4 is 10.2 Å². The van der Waals surface area contributed by atoms with Gasteiger partial charge in [0.2, 0.25) is 0 Å². The maximum absolute atomic E-state index is 12.5. The molecule has 5 nitrogen and oxygen atoms in total. The lowest BCUT2D eigenvalue weighted by Gasteiger charge is -2.38. The minimum Gasteiger partial charge on any atom is -0.364 e. The van der Waals surface area contributed by atoms with Gasteiger partial charge in [-0.15, -0.1) is 0 Å². The molecule has 2 aromatic carbocycles. The predicted molar refractivity (Wildman–Crippen MR) is 122 cm³/mol. The molecule has 2 atom stereocenters. The molecule has 6 heteroatoms. The number of nitrogens with zero attached hydrogens (tertiary/aromatic N) is 1. The van der Waals surface area contributed by atoms with Gasteiger partial charge in [-0.3, -0.25) is 4.79 Å². The fourth-order valence-corrected chi connectivity index (χ4v) is 4.45. The lowest BCUT2D eigenvalue weighted by molar-refractivity contribution is 0.0947. The van der Waals surface area contributed by atoms with Crippen molar-refractivity contribution in [3.8, 4) is 0 Å². The number of amides is 1. The molecule has 160 valence electrons. The van der Waals surface area contributed by atoms with Gasteiger partial charge in [-0.2, -0.15) is 0 Å². The zero-order valence-corrected chi connectivity index (χ0v) is 18.7. The SMILES string of the molecule is Cc1ccccc1C1CCCCN1c1ccc(C(=O)N[C@H](C)/C=C/S(C)(=O)=O)cc1. The second kappa shape index (κ2) is 9.47. The lowest BCUT2D eigenvalue weighted by atomic mass is 9.91. The Kier molecular flexibility index (Phi) is 6.98. The van der Waals surface area contributed by atoms with Crippen LogP contribution in [0.25, 0.3) is 0 Å². The van der Waals surface area contributed by atoms with E-state index in [4.69, 9.17) is 0 Å². The van der Waals surface area contributed by atoms with E-state index in [2.05, 4.69) is 41.4 Å². The zero-order chi connectivity index (χ0) is 21.7. The van der Waals surface area contributed by atoms with Crippen molar-refractivity contribution < 1.29 is 13.2 Å². The van der Waals surface area contributed by atoms with E-state index in [1.54, 1.807) is 6.92 Å². The molecule has 0 aliphatic carbocycles. The van der Waals surface area contributed by atoms with E-state index in [0.29, 0.717) is 11.6 Å². The van der Waals surface area contributed by atoms with E-state index in [1.165, 1.54) is 23.6 Å². The average Bonchev–Trinajstić information content (AvgIpc) is 2.72. The van der Waals surface area contributed by atoms with E-state index in [1.807, 2.05) is 24.3 Å². The van der Waals surface area contributed by atoms with Gasteiger partial charge in [0.15, 0.2) is 9.84 Å². The van der Waals surface area contributed by atoms with Crippen LogP contribution >= 0.6 is 0 Å². The summed E-state index contributed by atoms with van der Waals surface area (Å²) in [5.74, 6) is -0.221. The summed E-state index contributed by atoms with van der Waals surface area (Å²) < 4.78 is 22.5. The minimum absolute atomic E-state index is 0.221. The second-order valence-electron chi connectivity index (χ2n) is 8.03. The first kappa shape index (κ1) is 22.1. The Labute approximate surface area is 179 Å². The molecular formula is C24H30N2O3S. The van der Waals surface area contributed by atoms with Gasteiger partial charge < -0.3 is 10.2 Å². The molecule has 1 heterocycles. The van der Waals surface area contributed by atoms with Crippen LogP contribution in [0.4, 0.5) is 5.69 Å². The first-order valence-corrected chi connectivity index (χ1v) is 12.3. The first-order chi connectivity index (χ1) is 14.2. The van der Waals surface area contributed by atoms with Gasteiger partial charge in [0.25, 0.3) is 5.91 Å². The highest BCUT2D eigenvalue weighted by molar-refractivity contribution is 7.93. The molecule has 1 aliphatic heterocycles. The highest BCUT2D eigenvalue weighted by Crippen LogP contribution is 2.36. The van der Waals surface area contributed by atoms with Gasteiger partial charge in [0, 0.05) is 35.5 Å². The summed E-state index contributed by atoms with van der Waals surface area (Å²) in [6.45, 7) is 4.90. The van der Waals surface area contributed by atoms with Crippen LogP contribution in [0.1, 0.15) is 53.7 Å². The van der Waals surface area contributed by atoms with Crippen molar-refractivity contribution in [2.45, 2.75) is 45.2 Å². The summed E-state index contributed by atoms with van der Waals surface area (Å²) in [5, 5.41) is 3.92. The van der Waals surface area contributed by atoms with Crippen LogP contribution in [0, 0.1) is 6.92 Å². The Morgan fingerprint density at radius 2 is 1.83 bits per heavy atom. The van der Waals surface area contributed by atoms with Crippen molar-refractivity contribution in [2.75, 3.05) is 17.7 Å². The summed E-state index contributed by atoms with van der Waals surface area (Å²) in [6.07, 6.45) is 6.10. The van der Waals surface area contributed by atoms with Crippen LogP contribution in [-0.2, 0) is 9.84 Å². The normalized spacial score (nSPS) is 18.4. The van der Waals surface area contributed by atoms with E-state index >= 15 is 0 Å². The minimum atomic E-state index is -3.21. The number of piperidine rings is 1. The Balaban J connectivity index is 1.73. The van der Waals surface area contributed by atoms with E-state index in [-0.39, 0.29) is 11.9 Å². The number of anilines is 1. The third kappa shape index (κ3) is 5.72. The Hall–Kier alpha value is -2.60. The number of benzene rings is 2. The molecule has 1 N–H and O–H groups in total. The molecule has 30 heavy (non-hydrogen) atoms. The van der Waals surface area contributed by atoms with Crippen LogP contribution in [-0.4, -0.2) is 33.2 Å². The van der Waals surface area contributed by atoms with Gasteiger partial charge in [0.05, 0.1) is 6.04 Å². The van der Waals surface area contributed by atoms with E-state index in [9.17, 15) is 13.2 Å². The number of hydrogen-bond acceptors (Lipinski definition) is 4. The number of aryl methyl sites for hydroxylation is 1. The molecule has 1 saturated heterocycles. The van der Waals surface area contributed by atoms with Crippen molar-refractivity contribution >= 4 is 21.4 Å². The Morgan fingerprint density at radius 1 is 1.13 bits per heavy atom. The van der Waals surface area contributed by atoms with Crippen molar-refractivity contribution in [1.29, 1.82) is 0 Å². The number of carbonyl (C=O) groups excluding carboxylic acids is 1. The molecule has 1 aliphatic rings. The second-order valence-corrected chi connectivity index (χ2v) is 9.96. The van der Waals surface area contributed by atoms with Crippen LogP contribution in [0.15, 0.2) is 60.0 Å². The van der Waals surface area contributed by atoms with Gasteiger partial charge in [-0.25, -0.2) is 8.42 Å². The average molecular weight is 427 g/mol. The van der Waals surface area contributed by atoms with Crippen molar-refractivity contribution in [2.24, 2.45) is 0 Å². The molecule has 0 spiro atoms. The third-order valence-electron chi connectivity index (χ3n) is 5.48. The summed E-state index contributed by atoms with van der Waals surface area (Å²) in [7, 11) is -3.21. The smallest absolute Gasteiger partial charge is 0.251 e. The summed E-state index contributed by atoms with van der Waals surface area (Å²) >= 11 is 0. The molecule has 1 amide bonds. The number of hydrogen-bond donors (Lipinski definition) is 1. The van der Waals surface area contributed by atoms with Crippen molar-refractivity contribution in [3.63, 3.8) is 0 Å². The first-order valence-electron chi connectivity index (χ1n) is 10.4. The molecule has 2 aromatic rings. The molecule has 3 rings (SSSR count). The van der Waals surface area contributed by atoms with Gasteiger partial charge in [0.1, 0.15) is 0 Å². The maximum Gasteiger partial charge on any atom is 0.251 e. The summed E-state index contributed by atoms with van der Waals surface area (Å²) in [5.41, 5.74) is 4.35. The highest BCUT2D eigenvalue weighted by Gasteiger charge is 2.25. The molecule has 0 saturated carbocycles. The molecule has 1 fully saturated rings. The standard InChI is InChI=1S/C24H30N2O3S/c1-18-8-4-5-9-22(18)23-10-6-7-16-26(23)21-13-11-20(12-14-21)24(27)25-19(2)15-17-30(3,28)29/h4-5,8-9,11-15,17,19,23H,6-7,10,16H2,1-3H3,(H,25,27)/b17-15+/t19-,23?/m1/s1. The molecule has 0 aromatic heterocycles. The fraction of sp³-hybridized carbons (Fsp3) is 0.375. The maximum atomic E-state index is 12.5. The van der Waals surface area contributed by atoms with Crippen molar-refractivity contribution in [3.05, 3.63) is 76.7 Å². The van der Waals surface area contributed by atoms with Crippen LogP contribution in [0.2, 0.25) is 0 Å². The Morgan fingerprint density at radius 3 is 2.50 bits per heavy atom. The number of rotatable bonds is 6. The van der Waals surface area contributed by atoms with E-state index < -0.39 is 9.84 Å². The zero-order valence-electron chi connectivity index (χ0n) is 17.8. The Bertz CT molecular complexity index is 1010. The number of nitrogens with one attached hydrogen (secondary N) is 1. The van der Waals surface area contributed by atoms with Crippen LogP contribution in [0.3, 0.4) is 0 Å². The third-order valence-corrected chi connectivity index (χ3v) is 6.14. The molecular weight excluding hydrogens is 396 g/mol. The molecule has 0 radical (unpaired) electrons. The summed E-state index contributed by atoms with van der Waals surface area (Å²) in [4.78, 5) is 14.9. The van der Waals surface area contributed by atoms with E-state index in [0.717, 1.165) is 36.7 Å². The van der Waals surface area contributed by atoms with Gasteiger partial charge in [-0.05, 0) is 68.5 Å². The largest absolute Gasteiger partial charge is 0.364 e.